The summed E-state index contributed by atoms with van der Waals surface area (Å²) in [5.41, 5.74) is 5.27. The van der Waals surface area contributed by atoms with Crippen molar-refractivity contribution in [1.29, 1.82) is 0 Å². The Morgan fingerprint density at radius 3 is 2.82 bits per heavy atom. The van der Waals surface area contributed by atoms with Crippen molar-refractivity contribution in [2.45, 2.75) is 36.9 Å². The summed E-state index contributed by atoms with van der Waals surface area (Å²) in [7, 11) is 0. The van der Waals surface area contributed by atoms with Crippen LogP contribution in [0.5, 0.6) is 0 Å². The lowest BCUT2D eigenvalue weighted by molar-refractivity contribution is 0.684. The molecule has 3 nitrogen and oxygen atoms in total. The molecule has 0 amide bonds. The van der Waals surface area contributed by atoms with Crippen molar-refractivity contribution in [3.05, 3.63) is 107 Å². The van der Waals surface area contributed by atoms with Crippen LogP contribution in [0, 0.1) is 5.92 Å². The van der Waals surface area contributed by atoms with E-state index in [4.69, 9.17) is 4.98 Å². The molecule has 0 fully saturated rings. The van der Waals surface area contributed by atoms with E-state index in [9.17, 15) is 0 Å². The number of fused-ring (bicyclic) bond motifs is 4. The van der Waals surface area contributed by atoms with Gasteiger partial charge < -0.3 is 0 Å². The largest absolute Gasteiger partial charge is 0.221 e. The van der Waals surface area contributed by atoms with E-state index in [0.29, 0.717) is 11.2 Å². The molecule has 0 saturated heterocycles. The molecule has 1 aromatic heterocycles. The van der Waals surface area contributed by atoms with Gasteiger partial charge in [-0.2, -0.15) is 0 Å². The van der Waals surface area contributed by atoms with E-state index >= 15 is 0 Å². The van der Waals surface area contributed by atoms with Crippen LogP contribution in [0.3, 0.4) is 0 Å². The fraction of sp³-hybridized carbons (Fsp3) is 0.233. The van der Waals surface area contributed by atoms with Crippen LogP contribution in [0.4, 0.5) is 0 Å². The molecule has 2 aromatic carbocycles. The number of nitrogens with zero attached hydrogens (tertiary/aromatic N) is 3. The highest BCUT2D eigenvalue weighted by molar-refractivity contribution is 8.04. The van der Waals surface area contributed by atoms with Gasteiger partial charge in [-0.3, -0.25) is 0 Å². The number of rotatable bonds is 2. The first-order chi connectivity index (χ1) is 16.6. The molecule has 3 aliphatic carbocycles. The molecule has 7 rings (SSSR count). The molecular weight excluding hydrogens is 434 g/mol. The molecule has 34 heavy (non-hydrogen) atoms. The van der Waals surface area contributed by atoms with Gasteiger partial charge in [-0.1, -0.05) is 74.6 Å². The molecule has 3 atom stereocenters. The van der Waals surface area contributed by atoms with Crippen LogP contribution in [0.2, 0.25) is 0 Å². The van der Waals surface area contributed by atoms with E-state index < -0.39 is 0 Å². The highest BCUT2D eigenvalue weighted by atomic mass is 32.2. The third kappa shape index (κ3) is 3.08. The van der Waals surface area contributed by atoms with Crippen molar-refractivity contribution in [2.75, 3.05) is 0 Å². The van der Waals surface area contributed by atoms with E-state index in [1.807, 2.05) is 11.8 Å². The summed E-state index contributed by atoms with van der Waals surface area (Å²) in [5, 5.41) is 2.97. The smallest absolute Gasteiger partial charge is 0.163 e. The molecule has 3 aromatic rings. The maximum Gasteiger partial charge on any atom is 0.163 e. The minimum atomic E-state index is 0.0919. The molecule has 0 spiro atoms. The molecular formula is C30H25N3S. The lowest BCUT2D eigenvalue weighted by Crippen LogP contribution is -2.12. The topological polar surface area (TPSA) is 38.7 Å². The van der Waals surface area contributed by atoms with Gasteiger partial charge in [0.15, 0.2) is 5.82 Å². The van der Waals surface area contributed by atoms with Crippen LogP contribution in [-0.4, -0.2) is 20.2 Å². The van der Waals surface area contributed by atoms with Gasteiger partial charge in [0.2, 0.25) is 0 Å². The molecule has 0 saturated carbocycles. The van der Waals surface area contributed by atoms with E-state index in [0.717, 1.165) is 23.6 Å². The molecule has 0 radical (unpaired) electrons. The van der Waals surface area contributed by atoms with Crippen molar-refractivity contribution >= 4 is 28.6 Å². The molecule has 4 heteroatoms. The number of allylic oxidation sites excluding steroid dienone is 8. The summed E-state index contributed by atoms with van der Waals surface area (Å²) >= 11 is 1.98. The van der Waals surface area contributed by atoms with E-state index in [2.05, 4.69) is 103 Å². The van der Waals surface area contributed by atoms with E-state index in [-0.39, 0.29) is 11.3 Å². The van der Waals surface area contributed by atoms with Crippen LogP contribution in [0.25, 0.3) is 28.2 Å². The molecule has 0 bridgehead atoms. The Hall–Kier alpha value is -3.24. The highest BCUT2D eigenvalue weighted by Crippen LogP contribution is 2.53. The summed E-state index contributed by atoms with van der Waals surface area (Å²) in [6.07, 6.45) is 20.7. The average Bonchev–Trinajstić information content (AvgIpc) is 3.39. The first-order valence-corrected chi connectivity index (χ1v) is 12.8. The Morgan fingerprint density at radius 1 is 0.971 bits per heavy atom. The normalized spacial score (nSPS) is 25.6. The molecule has 2 heterocycles. The fourth-order valence-electron chi connectivity index (χ4n) is 5.65. The van der Waals surface area contributed by atoms with Gasteiger partial charge in [-0.25, -0.2) is 15.0 Å². The Kier molecular flexibility index (Phi) is 4.38. The Labute approximate surface area is 204 Å². The monoisotopic (exact) mass is 459 g/mol. The minimum Gasteiger partial charge on any atom is -0.221 e. The van der Waals surface area contributed by atoms with Gasteiger partial charge in [-0.15, -0.1) is 11.8 Å². The van der Waals surface area contributed by atoms with Crippen molar-refractivity contribution in [1.82, 2.24) is 15.0 Å². The highest BCUT2D eigenvalue weighted by Gasteiger charge is 2.38. The van der Waals surface area contributed by atoms with Crippen LogP contribution in [0.1, 0.15) is 43.1 Å². The van der Waals surface area contributed by atoms with Crippen LogP contribution in [-0.2, 0) is 5.41 Å². The Bertz CT molecular complexity index is 1500. The zero-order valence-electron chi connectivity index (χ0n) is 19.3. The number of benzene rings is 2. The minimum absolute atomic E-state index is 0.0919. The Morgan fingerprint density at radius 2 is 1.88 bits per heavy atom. The van der Waals surface area contributed by atoms with Crippen molar-refractivity contribution in [2.24, 2.45) is 5.92 Å². The molecule has 0 N–H and O–H groups in total. The van der Waals surface area contributed by atoms with Gasteiger partial charge in [0.1, 0.15) is 12.2 Å². The predicted molar refractivity (Wildman–Crippen MR) is 142 cm³/mol. The van der Waals surface area contributed by atoms with Gasteiger partial charge in [0.25, 0.3) is 0 Å². The predicted octanol–water partition coefficient (Wildman–Crippen LogP) is 7.15. The SMILES string of the molecule is CC1(C)C=Cc2cc3cc(-c4ncnc(C5CC=CC6=C5SC5C=CC=CC65)n4)ccc3cc21. The number of aromatic nitrogens is 3. The number of hydrogen-bond donors (Lipinski definition) is 0. The van der Waals surface area contributed by atoms with Crippen LogP contribution < -0.4 is 0 Å². The fourth-order valence-corrected chi connectivity index (χ4v) is 7.20. The first kappa shape index (κ1) is 20.2. The molecule has 166 valence electrons. The second-order valence-electron chi connectivity index (χ2n) is 10.1. The van der Waals surface area contributed by atoms with E-state index in [1.165, 1.54) is 32.4 Å². The summed E-state index contributed by atoms with van der Waals surface area (Å²) < 4.78 is 0. The average molecular weight is 460 g/mol. The summed E-state index contributed by atoms with van der Waals surface area (Å²) in [4.78, 5) is 15.6. The third-order valence-electron chi connectivity index (χ3n) is 7.52. The standard InChI is InChI=1S/C30H25N3S/c1-30(2)13-12-19-14-21-15-20(11-10-18(21)16-25(19)30)28-31-17-32-29(33-28)24-8-5-7-23-22-6-3-4-9-26(22)34-27(23)24/h3-7,9-17,22,24,26H,8H2,1-2H3. The van der Waals surface area contributed by atoms with Gasteiger partial charge in [0, 0.05) is 27.1 Å². The number of thioether (sulfide) groups is 1. The van der Waals surface area contributed by atoms with E-state index in [1.54, 1.807) is 6.33 Å². The van der Waals surface area contributed by atoms with Gasteiger partial charge >= 0.3 is 0 Å². The quantitative estimate of drug-likeness (QED) is 0.408. The van der Waals surface area contributed by atoms with Crippen LogP contribution >= 0.6 is 11.8 Å². The molecule has 4 aliphatic rings. The Balaban J connectivity index is 1.26. The third-order valence-corrected chi connectivity index (χ3v) is 9.02. The van der Waals surface area contributed by atoms with Crippen LogP contribution in [0.15, 0.2) is 89.7 Å². The summed E-state index contributed by atoms with van der Waals surface area (Å²) in [5.74, 6) is 2.29. The molecule has 1 aliphatic heterocycles. The lowest BCUT2D eigenvalue weighted by Gasteiger charge is -2.20. The summed E-state index contributed by atoms with van der Waals surface area (Å²) in [6, 6.07) is 11.2. The maximum absolute atomic E-state index is 4.99. The van der Waals surface area contributed by atoms with Crippen molar-refractivity contribution < 1.29 is 0 Å². The summed E-state index contributed by atoms with van der Waals surface area (Å²) in [6.45, 7) is 4.54. The second kappa shape index (κ2) is 7.38. The lowest BCUT2D eigenvalue weighted by atomic mass is 9.85. The second-order valence-corrected chi connectivity index (χ2v) is 11.3. The zero-order valence-corrected chi connectivity index (χ0v) is 20.1. The maximum atomic E-state index is 4.99. The zero-order chi connectivity index (χ0) is 22.9. The number of hydrogen-bond acceptors (Lipinski definition) is 4. The van der Waals surface area contributed by atoms with Crippen molar-refractivity contribution in [3.63, 3.8) is 0 Å². The van der Waals surface area contributed by atoms with Crippen molar-refractivity contribution in [3.8, 4) is 11.4 Å². The first-order valence-electron chi connectivity index (χ1n) is 12.0. The van der Waals surface area contributed by atoms with Gasteiger partial charge in [-0.05, 0) is 52.1 Å². The van der Waals surface area contributed by atoms with Gasteiger partial charge in [0.05, 0.1) is 5.92 Å². The molecule has 3 unspecified atom stereocenters.